The average Bonchev–Trinajstić information content (AvgIpc) is 3.17. The van der Waals surface area contributed by atoms with E-state index in [1.54, 1.807) is 0 Å². The fraction of sp³-hybridized carbons (Fsp3) is 0.600. The molecule has 1 N–H and O–H groups in total. The molecule has 1 saturated carbocycles. The van der Waals surface area contributed by atoms with Crippen LogP contribution in [0.15, 0.2) is 12.4 Å². The van der Waals surface area contributed by atoms with Crippen LogP contribution in [0.1, 0.15) is 59.5 Å². The van der Waals surface area contributed by atoms with Crippen molar-refractivity contribution < 1.29 is 14.7 Å². The summed E-state index contributed by atoms with van der Waals surface area (Å²) in [5.41, 5.74) is 0.102. The number of carbonyl (C=O) groups excluding carboxylic acids is 1. The molecule has 1 aliphatic heterocycles. The molecule has 2 heterocycles. The van der Waals surface area contributed by atoms with Crippen LogP contribution in [0, 0.1) is 5.92 Å². The van der Waals surface area contributed by atoms with E-state index in [9.17, 15) is 9.59 Å². The first-order chi connectivity index (χ1) is 10.2. The van der Waals surface area contributed by atoms with Gasteiger partial charge < -0.3 is 10.0 Å². The maximum absolute atomic E-state index is 12.6. The summed E-state index contributed by atoms with van der Waals surface area (Å²) in [6.07, 6.45) is 9.46. The first-order valence-corrected chi connectivity index (χ1v) is 7.53. The van der Waals surface area contributed by atoms with Gasteiger partial charge in [0.1, 0.15) is 5.69 Å². The van der Waals surface area contributed by atoms with E-state index in [1.165, 1.54) is 31.9 Å². The Kier molecular flexibility index (Phi) is 3.86. The Balaban J connectivity index is 1.75. The number of carbonyl (C=O) groups is 2. The number of aromatic nitrogens is 2. The van der Waals surface area contributed by atoms with Gasteiger partial charge in [0.25, 0.3) is 5.91 Å². The summed E-state index contributed by atoms with van der Waals surface area (Å²) in [5, 5.41) is 8.81. The lowest BCUT2D eigenvalue weighted by Gasteiger charge is -2.29. The van der Waals surface area contributed by atoms with Crippen molar-refractivity contribution in [3.63, 3.8) is 0 Å². The Labute approximate surface area is 123 Å². The van der Waals surface area contributed by atoms with Gasteiger partial charge >= 0.3 is 5.97 Å². The van der Waals surface area contributed by atoms with Crippen LogP contribution in [0.3, 0.4) is 0 Å². The van der Waals surface area contributed by atoms with Gasteiger partial charge in [0, 0.05) is 12.6 Å². The van der Waals surface area contributed by atoms with Crippen LogP contribution in [0.25, 0.3) is 0 Å². The average molecular weight is 289 g/mol. The molecule has 6 nitrogen and oxygen atoms in total. The highest BCUT2D eigenvalue weighted by Crippen LogP contribution is 2.35. The number of aromatic carboxylic acids is 1. The Morgan fingerprint density at radius 3 is 2.33 bits per heavy atom. The van der Waals surface area contributed by atoms with Gasteiger partial charge in [0.2, 0.25) is 0 Å². The number of nitrogens with zero attached hydrogens (tertiary/aromatic N) is 3. The molecule has 2 aliphatic rings. The van der Waals surface area contributed by atoms with Crippen molar-refractivity contribution in [1.82, 2.24) is 14.9 Å². The van der Waals surface area contributed by atoms with E-state index in [0.29, 0.717) is 12.0 Å². The number of likely N-dealkylation sites (tertiary alicyclic amines) is 1. The highest BCUT2D eigenvalue weighted by molar-refractivity contribution is 5.93. The molecule has 1 aromatic heterocycles. The molecule has 2 fully saturated rings. The number of carboxylic acid groups (broad SMARTS) is 1. The molecule has 1 amide bonds. The minimum Gasteiger partial charge on any atom is -0.476 e. The van der Waals surface area contributed by atoms with E-state index in [-0.39, 0.29) is 17.3 Å². The van der Waals surface area contributed by atoms with Crippen molar-refractivity contribution in [3.8, 4) is 0 Å². The topological polar surface area (TPSA) is 83.4 Å². The van der Waals surface area contributed by atoms with E-state index < -0.39 is 5.97 Å². The lowest BCUT2D eigenvalue weighted by atomic mass is 9.96. The van der Waals surface area contributed by atoms with Crippen LogP contribution < -0.4 is 0 Å². The van der Waals surface area contributed by atoms with Gasteiger partial charge in [-0.25, -0.2) is 14.8 Å². The third kappa shape index (κ3) is 2.75. The Bertz CT molecular complexity index is 538. The molecule has 0 spiro atoms. The van der Waals surface area contributed by atoms with Gasteiger partial charge in [-0.05, 0) is 31.6 Å². The van der Waals surface area contributed by atoms with Crippen molar-refractivity contribution in [1.29, 1.82) is 0 Å². The van der Waals surface area contributed by atoms with Crippen molar-refractivity contribution in [2.24, 2.45) is 5.92 Å². The van der Waals surface area contributed by atoms with Crippen LogP contribution in [0.2, 0.25) is 0 Å². The van der Waals surface area contributed by atoms with Gasteiger partial charge in [-0.15, -0.1) is 0 Å². The predicted molar refractivity (Wildman–Crippen MR) is 75.0 cm³/mol. The minimum atomic E-state index is -1.13. The fourth-order valence-corrected chi connectivity index (χ4v) is 3.57. The van der Waals surface area contributed by atoms with Crippen LogP contribution in [0.4, 0.5) is 0 Å². The van der Waals surface area contributed by atoms with Crippen molar-refractivity contribution in [2.75, 3.05) is 6.54 Å². The zero-order chi connectivity index (χ0) is 14.8. The van der Waals surface area contributed by atoms with Crippen molar-refractivity contribution in [2.45, 2.75) is 44.6 Å². The van der Waals surface area contributed by atoms with Crippen molar-refractivity contribution >= 4 is 11.9 Å². The quantitative estimate of drug-likeness (QED) is 0.919. The van der Waals surface area contributed by atoms with E-state index in [0.717, 1.165) is 25.6 Å². The smallest absolute Gasteiger partial charge is 0.356 e. The molecule has 21 heavy (non-hydrogen) atoms. The van der Waals surface area contributed by atoms with E-state index >= 15 is 0 Å². The van der Waals surface area contributed by atoms with E-state index in [2.05, 4.69) is 9.97 Å². The molecule has 3 rings (SSSR count). The molecule has 0 bridgehead atoms. The van der Waals surface area contributed by atoms with Crippen LogP contribution in [-0.2, 0) is 0 Å². The van der Waals surface area contributed by atoms with Gasteiger partial charge in [-0.2, -0.15) is 0 Å². The molecule has 0 radical (unpaired) electrons. The van der Waals surface area contributed by atoms with Crippen molar-refractivity contribution in [3.05, 3.63) is 23.8 Å². The number of hydrogen-bond donors (Lipinski definition) is 1. The Morgan fingerprint density at radius 2 is 1.71 bits per heavy atom. The molecular formula is C15H19N3O3. The van der Waals surface area contributed by atoms with Gasteiger partial charge in [0.05, 0.1) is 12.4 Å². The molecule has 1 aromatic rings. The first-order valence-electron chi connectivity index (χ1n) is 7.53. The van der Waals surface area contributed by atoms with E-state index in [4.69, 9.17) is 5.11 Å². The van der Waals surface area contributed by atoms with Crippen LogP contribution >= 0.6 is 0 Å². The zero-order valence-electron chi connectivity index (χ0n) is 11.9. The molecule has 6 heteroatoms. The highest BCUT2D eigenvalue weighted by atomic mass is 16.4. The molecule has 1 aliphatic carbocycles. The molecular weight excluding hydrogens is 270 g/mol. The zero-order valence-corrected chi connectivity index (χ0v) is 11.9. The largest absolute Gasteiger partial charge is 0.476 e. The number of carboxylic acids is 1. The maximum atomic E-state index is 12.6. The number of rotatable bonds is 3. The van der Waals surface area contributed by atoms with Gasteiger partial charge in [0.15, 0.2) is 5.69 Å². The second-order valence-corrected chi connectivity index (χ2v) is 5.84. The highest BCUT2D eigenvalue weighted by Gasteiger charge is 2.36. The van der Waals surface area contributed by atoms with E-state index in [1.807, 2.05) is 4.90 Å². The summed E-state index contributed by atoms with van der Waals surface area (Å²) >= 11 is 0. The number of hydrogen-bond acceptors (Lipinski definition) is 4. The normalized spacial score (nSPS) is 22.7. The number of amides is 1. The molecule has 1 atom stereocenters. The second-order valence-electron chi connectivity index (χ2n) is 5.84. The molecule has 1 saturated heterocycles. The predicted octanol–water partition coefficient (Wildman–Crippen LogP) is 1.97. The van der Waals surface area contributed by atoms with Crippen LogP contribution in [0.5, 0.6) is 0 Å². The summed E-state index contributed by atoms with van der Waals surface area (Å²) in [6.45, 7) is 0.766. The first kappa shape index (κ1) is 14.0. The maximum Gasteiger partial charge on any atom is 0.356 e. The van der Waals surface area contributed by atoms with Crippen LogP contribution in [-0.4, -0.2) is 44.4 Å². The third-order valence-corrected chi connectivity index (χ3v) is 4.59. The van der Waals surface area contributed by atoms with Gasteiger partial charge in [-0.3, -0.25) is 4.79 Å². The summed E-state index contributed by atoms with van der Waals surface area (Å²) in [5.74, 6) is -0.636. The summed E-state index contributed by atoms with van der Waals surface area (Å²) < 4.78 is 0. The summed E-state index contributed by atoms with van der Waals surface area (Å²) in [6, 6.07) is 0.320. The summed E-state index contributed by atoms with van der Waals surface area (Å²) in [4.78, 5) is 33.0. The second kappa shape index (κ2) is 5.79. The minimum absolute atomic E-state index is 0.117. The fourth-order valence-electron chi connectivity index (χ4n) is 3.57. The third-order valence-electron chi connectivity index (χ3n) is 4.59. The SMILES string of the molecule is O=C(O)c1cnc(C(=O)N2CCCC2C2CCCC2)cn1. The summed E-state index contributed by atoms with van der Waals surface area (Å²) in [7, 11) is 0. The standard InChI is InChI=1S/C15H19N3O3/c19-14(11-8-17-12(9-16-11)15(20)21)18-7-3-6-13(18)10-4-1-2-5-10/h8-10,13H,1-7H2,(H,20,21). The lowest BCUT2D eigenvalue weighted by Crippen LogP contribution is -2.39. The molecule has 1 unspecified atom stereocenters. The monoisotopic (exact) mass is 289 g/mol. The lowest BCUT2D eigenvalue weighted by molar-refractivity contribution is 0.0668. The Hall–Kier alpha value is -1.98. The molecule has 0 aromatic carbocycles. The molecule has 112 valence electrons. The van der Waals surface area contributed by atoms with Gasteiger partial charge in [-0.1, -0.05) is 12.8 Å². The Morgan fingerprint density at radius 1 is 1.05 bits per heavy atom.